The summed E-state index contributed by atoms with van der Waals surface area (Å²) in [6, 6.07) is 0. The molecule has 0 spiro atoms. The maximum atomic E-state index is 11.6. The lowest BCUT2D eigenvalue weighted by Gasteiger charge is -2.32. The van der Waals surface area contributed by atoms with Crippen LogP contribution in [0.3, 0.4) is 0 Å². The predicted octanol–water partition coefficient (Wildman–Crippen LogP) is 1.000. The van der Waals surface area contributed by atoms with Crippen molar-refractivity contribution in [1.29, 1.82) is 0 Å². The van der Waals surface area contributed by atoms with E-state index in [0.717, 1.165) is 43.8 Å². The third-order valence-corrected chi connectivity index (χ3v) is 4.73. The minimum atomic E-state index is -0.457. The van der Waals surface area contributed by atoms with Crippen molar-refractivity contribution in [3.05, 3.63) is 0 Å². The second kappa shape index (κ2) is 7.24. The number of ether oxygens (including phenoxy) is 1. The van der Waals surface area contributed by atoms with Gasteiger partial charge in [-0.2, -0.15) is 11.8 Å². The highest BCUT2D eigenvalue weighted by molar-refractivity contribution is 7.99. The highest BCUT2D eigenvalue weighted by Crippen LogP contribution is 2.38. The van der Waals surface area contributed by atoms with Crippen LogP contribution < -0.4 is 11.1 Å². The molecule has 17 heavy (non-hydrogen) atoms. The zero-order chi connectivity index (χ0) is 12.7. The fraction of sp³-hybridized carbons (Fsp3) is 0.917. The van der Waals surface area contributed by atoms with Crippen LogP contribution in [0.25, 0.3) is 0 Å². The van der Waals surface area contributed by atoms with E-state index in [0.29, 0.717) is 5.92 Å². The Balaban J connectivity index is 2.38. The molecule has 0 aliphatic heterocycles. The van der Waals surface area contributed by atoms with Crippen molar-refractivity contribution in [2.24, 2.45) is 11.7 Å². The number of rotatable bonds is 8. The lowest BCUT2D eigenvalue weighted by Crippen LogP contribution is -2.56. The Hall–Kier alpha value is -0.260. The molecule has 1 amide bonds. The number of thioether (sulfide) groups is 1. The lowest BCUT2D eigenvalue weighted by atomic mass is 9.84. The fourth-order valence-corrected chi connectivity index (χ4v) is 3.66. The number of primary amides is 1. The average Bonchev–Trinajstić information content (AvgIpc) is 2.73. The molecule has 0 radical (unpaired) electrons. The molecule has 0 aromatic carbocycles. The van der Waals surface area contributed by atoms with Crippen molar-refractivity contribution in [2.45, 2.75) is 31.2 Å². The molecule has 0 aromatic heterocycles. The second-order valence-corrected chi connectivity index (χ2v) is 5.79. The Labute approximate surface area is 108 Å². The van der Waals surface area contributed by atoms with Crippen molar-refractivity contribution in [3.63, 3.8) is 0 Å². The molecule has 1 rings (SSSR count). The first-order valence-corrected chi connectivity index (χ1v) is 7.38. The number of hydrogen-bond donors (Lipinski definition) is 2. The Morgan fingerprint density at radius 2 is 2.35 bits per heavy atom. The van der Waals surface area contributed by atoms with Gasteiger partial charge in [-0.15, -0.1) is 0 Å². The molecule has 1 aliphatic carbocycles. The summed E-state index contributed by atoms with van der Waals surface area (Å²) in [5, 5.41) is 3.17. The van der Waals surface area contributed by atoms with Crippen LogP contribution in [0.15, 0.2) is 0 Å². The minimum Gasteiger partial charge on any atom is -0.384 e. The molecular weight excluding hydrogens is 236 g/mol. The summed E-state index contributed by atoms with van der Waals surface area (Å²) >= 11 is 1.88. The Bertz CT molecular complexity index is 251. The van der Waals surface area contributed by atoms with E-state index in [9.17, 15) is 4.79 Å². The van der Waals surface area contributed by atoms with E-state index in [1.165, 1.54) is 0 Å². The summed E-state index contributed by atoms with van der Waals surface area (Å²) in [5.41, 5.74) is 5.10. The van der Waals surface area contributed by atoms with Crippen LogP contribution in [0.1, 0.15) is 25.7 Å². The van der Waals surface area contributed by atoms with E-state index in [2.05, 4.69) is 5.32 Å². The molecular formula is C12H24N2O2S. The third-order valence-electron chi connectivity index (χ3n) is 3.75. The summed E-state index contributed by atoms with van der Waals surface area (Å²) in [5.74, 6) is 2.29. The van der Waals surface area contributed by atoms with Gasteiger partial charge in [0.1, 0.15) is 5.54 Å². The summed E-state index contributed by atoms with van der Waals surface area (Å²) < 4.78 is 5.01. The van der Waals surface area contributed by atoms with Crippen LogP contribution in [0, 0.1) is 5.92 Å². The average molecular weight is 260 g/mol. The number of methoxy groups -OCH3 is 1. The smallest absolute Gasteiger partial charge is 0.238 e. The third kappa shape index (κ3) is 3.60. The van der Waals surface area contributed by atoms with Crippen LogP contribution >= 0.6 is 11.8 Å². The van der Waals surface area contributed by atoms with Gasteiger partial charge in [-0.1, -0.05) is 6.42 Å². The van der Waals surface area contributed by atoms with Gasteiger partial charge in [0.25, 0.3) is 0 Å². The van der Waals surface area contributed by atoms with Gasteiger partial charge in [-0.05, 0) is 38.0 Å². The topological polar surface area (TPSA) is 64.3 Å². The molecule has 2 unspecified atom stereocenters. The first-order valence-electron chi connectivity index (χ1n) is 6.23. The first kappa shape index (κ1) is 14.8. The molecule has 1 fully saturated rings. The van der Waals surface area contributed by atoms with E-state index in [1.54, 1.807) is 7.11 Å². The standard InChI is InChI=1S/C12H24N2O2S/c1-14-12(11(13)15)6-3-4-10(12)5-8-17-9-7-16-2/h10,14H,3-9H2,1-2H3,(H2,13,15). The number of hydrogen-bond acceptors (Lipinski definition) is 4. The molecule has 0 aromatic rings. The van der Waals surface area contributed by atoms with Gasteiger partial charge in [-0.25, -0.2) is 0 Å². The summed E-state index contributed by atoms with van der Waals surface area (Å²) in [6.45, 7) is 0.794. The van der Waals surface area contributed by atoms with E-state index in [-0.39, 0.29) is 5.91 Å². The van der Waals surface area contributed by atoms with Crippen molar-refractivity contribution in [1.82, 2.24) is 5.32 Å². The van der Waals surface area contributed by atoms with Crippen molar-refractivity contribution in [3.8, 4) is 0 Å². The molecule has 1 saturated carbocycles. The van der Waals surface area contributed by atoms with Crippen LogP contribution in [-0.4, -0.2) is 43.7 Å². The zero-order valence-electron chi connectivity index (χ0n) is 10.8. The number of likely N-dealkylation sites (N-methyl/N-ethyl adjacent to an activating group) is 1. The van der Waals surface area contributed by atoms with Crippen molar-refractivity contribution >= 4 is 17.7 Å². The first-order chi connectivity index (χ1) is 8.17. The van der Waals surface area contributed by atoms with Gasteiger partial charge in [0.2, 0.25) is 5.91 Å². The second-order valence-electron chi connectivity index (χ2n) is 4.57. The summed E-state index contributed by atoms with van der Waals surface area (Å²) in [6.07, 6.45) is 4.14. The maximum absolute atomic E-state index is 11.6. The SMILES string of the molecule is CNC1(C(N)=O)CCCC1CCSCCOC. The van der Waals surface area contributed by atoms with Crippen molar-refractivity contribution in [2.75, 3.05) is 32.3 Å². The predicted molar refractivity (Wildman–Crippen MR) is 72.1 cm³/mol. The Kier molecular flexibility index (Phi) is 6.30. The molecule has 0 heterocycles. The van der Waals surface area contributed by atoms with Crippen molar-refractivity contribution < 1.29 is 9.53 Å². The Morgan fingerprint density at radius 1 is 1.59 bits per heavy atom. The number of amides is 1. The highest BCUT2D eigenvalue weighted by Gasteiger charge is 2.45. The number of nitrogens with two attached hydrogens (primary N) is 1. The van der Waals surface area contributed by atoms with Gasteiger partial charge >= 0.3 is 0 Å². The van der Waals surface area contributed by atoms with Crippen LogP contribution in [0.5, 0.6) is 0 Å². The van der Waals surface area contributed by atoms with Crippen LogP contribution in [-0.2, 0) is 9.53 Å². The van der Waals surface area contributed by atoms with E-state index in [1.807, 2.05) is 18.8 Å². The summed E-state index contributed by atoms with van der Waals surface area (Å²) in [7, 11) is 3.57. The molecule has 4 nitrogen and oxygen atoms in total. The van der Waals surface area contributed by atoms with Crippen LogP contribution in [0.4, 0.5) is 0 Å². The highest BCUT2D eigenvalue weighted by atomic mass is 32.2. The van der Waals surface area contributed by atoms with Gasteiger partial charge in [0.05, 0.1) is 6.61 Å². The van der Waals surface area contributed by atoms with Gasteiger partial charge in [-0.3, -0.25) is 4.79 Å². The molecule has 2 atom stereocenters. The normalized spacial score (nSPS) is 28.5. The van der Waals surface area contributed by atoms with E-state index < -0.39 is 5.54 Å². The van der Waals surface area contributed by atoms with Crippen LogP contribution in [0.2, 0.25) is 0 Å². The number of nitrogens with one attached hydrogen (secondary N) is 1. The minimum absolute atomic E-state index is 0.190. The number of carbonyl (C=O) groups excluding carboxylic acids is 1. The molecule has 0 bridgehead atoms. The quantitative estimate of drug-likeness (QED) is 0.639. The van der Waals surface area contributed by atoms with Gasteiger partial charge in [0.15, 0.2) is 0 Å². The zero-order valence-corrected chi connectivity index (χ0v) is 11.6. The molecule has 100 valence electrons. The van der Waals surface area contributed by atoms with Gasteiger partial charge in [0, 0.05) is 12.9 Å². The van der Waals surface area contributed by atoms with Gasteiger partial charge < -0.3 is 15.8 Å². The molecule has 1 aliphatic rings. The molecule has 3 N–H and O–H groups in total. The maximum Gasteiger partial charge on any atom is 0.238 e. The van der Waals surface area contributed by atoms with E-state index >= 15 is 0 Å². The fourth-order valence-electron chi connectivity index (χ4n) is 2.72. The number of carbonyl (C=O) groups is 1. The Morgan fingerprint density at radius 3 is 2.94 bits per heavy atom. The largest absolute Gasteiger partial charge is 0.384 e. The summed E-state index contributed by atoms with van der Waals surface area (Å²) in [4.78, 5) is 11.6. The lowest BCUT2D eigenvalue weighted by molar-refractivity contribution is -0.125. The molecule has 0 saturated heterocycles. The molecule has 5 heteroatoms. The monoisotopic (exact) mass is 260 g/mol. The van der Waals surface area contributed by atoms with E-state index in [4.69, 9.17) is 10.5 Å².